The topological polar surface area (TPSA) is 49.7 Å². The Labute approximate surface area is 74.6 Å². The maximum atomic E-state index is 9.97. The molecule has 0 aliphatic heterocycles. The number of hydrogen-bond acceptors (Lipinski definition) is 3. The summed E-state index contributed by atoms with van der Waals surface area (Å²) < 4.78 is 0. The van der Waals surface area contributed by atoms with Crippen LogP contribution in [0.15, 0.2) is 23.4 Å². The average molecular weight is 196 g/mol. The van der Waals surface area contributed by atoms with Gasteiger partial charge in [-0.25, -0.2) is 0 Å². The summed E-state index contributed by atoms with van der Waals surface area (Å²) in [5.41, 5.74) is 1.01. The molecule has 1 radical (unpaired) electrons. The molecular weight excluding hydrogens is 189 g/mol. The quantitative estimate of drug-likeness (QED) is 0.699. The Bertz CT molecular complexity index is 263. The minimum atomic E-state index is -0.0689. The summed E-state index contributed by atoms with van der Waals surface area (Å²) in [6.07, 6.45) is 0. The number of phenolic OH excluding ortho intramolecular Hbond substituents is 1. The van der Waals surface area contributed by atoms with Gasteiger partial charge in [-0.15, -0.1) is 4.91 Å². The van der Waals surface area contributed by atoms with Crippen molar-refractivity contribution in [3.63, 3.8) is 0 Å². The van der Waals surface area contributed by atoms with Gasteiger partial charge < -0.3 is 5.11 Å². The Kier molecular flexibility index (Phi) is 3.77. The van der Waals surface area contributed by atoms with Gasteiger partial charge in [0.1, 0.15) is 11.4 Å². The van der Waals surface area contributed by atoms with E-state index in [2.05, 4.69) is 5.18 Å². The largest absolute Gasteiger partial charge is 0.506 e. The van der Waals surface area contributed by atoms with Crippen molar-refractivity contribution in [3.05, 3.63) is 28.7 Å². The zero-order chi connectivity index (χ0) is 7.56. The molecular formula is C7H7CoNO2. The van der Waals surface area contributed by atoms with Crippen molar-refractivity contribution in [3.8, 4) is 5.75 Å². The molecule has 1 N–H and O–H groups in total. The van der Waals surface area contributed by atoms with Gasteiger partial charge in [0.2, 0.25) is 0 Å². The second kappa shape index (κ2) is 4.10. The van der Waals surface area contributed by atoms with Gasteiger partial charge in [0.05, 0.1) is 0 Å². The molecule has 4 heteroatoms. The summed E-state index contributed by atoms with van der Waals surface area (Å²) >= 11 is 0. The third-order valence-corrected chi connectivity index (χ3v) is 1.23. The molecule has 0 atom stereocenters. The molecule has 3 nitrogen and oxygen atoms in total. The first-order valence-corrected chi connectivity index (χ1v) is 2.87. The fourth-order valence-electron chi connectivity index (χ4n) is 0.707. The molecule has 61 valence electrons. The molecule has 1 aromatic rings. The predicted molar refractivity (Wildman–Crippen MR) is 38.3 cm³/mol. The number of hydrogen-bond donors (Lipinski definition) is 1. The Morgan fingerprint density at radius 1 is 1.45 bits per heavy atom. The van der Waals surface area contributed by atoms with Crippen LogP contribution < -0.4 is 0 Å². The number of aromatic hydroxyl groups is 1. The monoisotopic (exact) mass is 196 g/mol. The molecule has 11 heavy (non-hydrogen) atoms. The summed E-state index contributed by atoms with van der Waals surface area (Å²) in [6.45, 7) is 1.83. The Hall–Kier alpha value is -0.874. The van der Waals surface area contributed by atoms with E-state index in [-0.39, 0.29) is 28.2 Å². The molecule has 1 aromatic carbocycles. The molecule has 0 saturated heterocycles. The van der Waals surface area contributed by atoms with Crippen molar-refractivity contribution in [2.45, 2.75) is 6.92 Å². The number of aryl methyl sites for hydroxylation is 1. The van der Waals surface area contributed by atoms with Gasteiger partial charge in [-0.3, -0.25) is 0 Å². The van der Waals surface area contributed by atoms with E-state index in [1.807, 2.05) is 6.92 Å². The van der Waals surface area contributed by atoms with Crippen LogP contribution in [0.25, 0.3) is 0 Å². The standard InChI is InChI=1S/C7H7NO2.Co/c1-5-2-3-7(9)6(4-5)8-10;/h2-4,9H,1H3;. The molecule has 0 bridgehead atoms. The van der Waals surface area contributed by atoms with E-state index >= 15 is 0 Å². The molecule has 0 amide bonds. The van der Waals surface area contributed by atoms with Crippen LogP contribution >= 0.6 is 0 Å². The zero-order valence-electron chi connectivity index (χ0n) is 5.87. The van der Waals surface area contributed by atoms with Crippen molar-refractivity contribution in [2.24, 2.45) is 5.18 Å². The predicted octanol–water partition coefficient (Wildman–Crippen LogP) is 2.10. The molecule has 0 spiro atoms. The first-order valence-electron chi connectivity index (χ1n) is 2.87. The van der Waals surface area contributed by atoms with Crippen LogP contribution in [0, 0.1) is 11.8 Å². The number of nitroso groups, excluding NO2 is 1. The van der Waals surface area contributed by atoms with Gasteiger partial charge in [-0.2, -0.15) is 0 Å². The van der Waals surface area contributed by atoms with Crippen LogP contribution in [-0.4, -0.2) is 5.11 Å². The SMILES string of the molecule is Cc1ccc(O)c(N=O)c1.[Co]. The van der Waals surface area contributed by atoms with Gasteiger partial charge >= 0.3 is 0 Å². The van der Waals surface area contributed by atoms with E-state index in [0.717, 1.165) is 5.56 Å². The van der Waals surface area contributed by atoms with Crippen molar-refractivity contribution in [2.75, 3.05) is 0 Å². The third kappa shape index (κ3) is 2.32. The minimum Gasteiger partial charge on any atom is -0.506 e. The van der Waals surface area contributed by atoms with Crippen LogP contribution in [0.3, 0.4) is 0 Å². The summed E-state index contributed by atoms with van der Waals surface area (Å²) in [4.78, 5) is 9.97. The smallest absolute Gasteiger partial charge is 0.149 e. The van der Waals surface area contributed by atoms with Gasteiger partial charge in [0.25, 0.3) is 0 Å². The number of nitrogens with zero attached hydrogens (tertiary/aromatic N) is 1. The second-order valence-corrected chi connectivity index (χ2v) is 2.08. The van der Waals surface area contributed by atoms with Crippen molar-refractivity contribution < 1.29 is 21.9 Å². The zero-order valence-corrected chi connectivity index (χ0v) is 6.91. The van der Waals surface area contributed by atoms with Gasteiger partial charge in [0, 0.05) is 16.8 Å². The number of phenols is 1. The van der Waals surface area contributed by atoms with E-state index in [9.17, 15) is 4.91 Å². The summed E-state index contributed by atoms with van der Waals surface area (Å²) in [6, 6.07) is 4.69. The Morgan fingerprint density at radius 3 is 2.55 bits per heavy atom. The fourth-order valence-corrected chi connectivity index (χ4v) is 0.707. The fraction of sp³-hybridized carbons (Fsp3) is 0.143. The van der Waals surface area contributed by atoms with E-state index < -0.39 is 0 Å². The molecule has 0 aromatic heterocycles. The van der Waals surface area contributed by atoms with E-state index in [1.165, 1.54) is 12.1 Å². The minimum absolute atomic E-state index is 0. The van der Waals surface area contributed by atoms with Gasteiger partial charge in [0.15, 0.2) is 0 Å². The first kappa shape index (κ1) is 10.1. The average Bonchev–Trinajstić information content (AvgIpc) is 1.94. The molecule has 0 unspecified atom stereocenters. The van der Waals surface area contributed by atoms with E-state index in [4.69, 9.17) is 5.11 Å². The second-order valence-electron chi connectivity index (χ2n) is 2.08. The normalized spacial score (nSPS) is 8.45. The van der Waals surface area contributed by atoms with Crippen molar-refractivity contribution in [1.82, 2.24) is 0 Å². The van der Waals surface area contributed by atoms with Gasteiger partial charge in [-0.05, 0) is 29.8 Å². The molecule has 0 aliphatic carbocycles. The van der Waals surface area contributed by atoms with Crippen LogP contribution in [-0.2, 0) is 16.8 Å². The Morgan fingerprint density at radius 2 is 2.09 bits per heavy atom. The van der Waals surface area contributed by atoms with Crippen LogP contribution in [0.5, 0.6) is 5.75 Å². The summed E-state index contributed by atoms with van der Waals surface area (Å²) in [7, 11) is 0. The van der Waals surface area contributed by atoms with Crippen LogP contribution in [0.1, 0.15) is 5.56 Å². The van der Waals surface area contributed by atoms with Gasteiger partial charge in [-0.1, -0.05) is 6.07 Å². The first-order chi connectivity index (χ1) is 4.74. The Balaban J connectivity index is 0.000001000. The molecule has 0 saturated carbocycles. The summed E-state index contributed by atoms with van der Waals surface area (Å²) in [5.74, 6) is -0.0689. The van der Waals surface area contributed by atoms with E-state index in [1.54, 1.807) is 6.07 Å². The number of benzene rings is 1. The third-order valence-electron chi connectivity index (χ3n) is 1.23. The van der Waals surface area contributed by atoms with E-state index in [0.29, 0.717) is 0 Å². The molecule has 0 heterocycles. The van der Waals surface area contributed by atoms with Crippen molar-refractivity contribution in [1.29, 1.82) is 0 Å². The summed E-state index contributed by atoms with van der Waals surface area (Å²) in [5, 5.41) is 11.6. The number of rotatable bonds is 1. The molecule has 1 rings (SSSR count). The maximum Gasteiger partial charge on any atom is 0.149 e. The molecule has 0 aliphatic rings. The van der Waals surface area contributed by atoms with Crippen LogP contribution in [0.4, 0.5) is 5.69 Å². The molecule has 0 fully saturated rings. The maximum absolute atomic E-state index is 9.97. The van der Waals surface area contributed by atoms with Crippen LogP contribution in [0.2, 0.25) is 0 Å². The van der Waals surface area contributed by atoms with Crippen molar-refractivity contribution >= 4 is 5.69 Å².